The van der Waals surface area contributed by atoms with Crippen molar-refractivity contribution < 1.29 is 13.2 Å². The van der Waals surface area contributed by atoms with Gasteiger partial charge in [-0.25, -0.2) is 13.4 Å². The lowest BCUT2D eigenvalue weighted by Crippen LogP contribution is -2.32. The number of aromatic nitrogens is 1. The summed E-state index contributed by atoms with van der Waals surface area (Å²) in [6.45, 7) is 0. The van der Waals surface area contributed by atoms with Crippen molar-refractivity contribution in [1.82, 2.24) is 4.98 Å². The van der Waals surface area contributed by atoms with Crippen LogP contribution in [0.2, 0.25) is 0 Å². The molecule has 0 spiro atoms. The summed E-state index contributed by atoms with van der Waals surface area (Å²) in [5.74, 6) is 0.744. The summed E-state index contributed by atoms with van der Waals surface area (Å²) in [4.78, 5) is 17.8. The van der Waals surface area contributed by atoms with Crippen LogP contribution in [0.4, 0.5) is 5.13 Å². The minimum absolute atomic E-state index is 0.0568. The first-order valence-electron chi connectivity index (χ1n) is 9.43. The molecule has 1 aromatic heterocycles. The molecule has 2 atom stereocenters. The molecule has 1 amide bonds. The van der Waals surface area contributed by atoms with E-state index in [-0.39, 0.29) is 16.7 Å². The second kappa shape index (κ2) is 7.02. The zero-order valence-electron chi connectivity index (χ0n) is 15.3. The Morgan fingerprint density at radius 3 is 2.70 bits per heavy atom. The number of hydrogen-bond donors (Lipinski definition) is 1. The molecule has 144 valence electrons. The van der Waals surface area contributed by atoms with Gasteiger partial charge in [0.25, 0.3) is 0 Å². The number of carbonyl (C=O) groups is 1. The maximum Gasteiger partial charge on any atom is 0.237 e. The van der Waals surface area contributed by atoms with Crippen molar-refractivity contribution in [2.24, 2.45) is 11.8 Å². The van der Waals surface area contributed by atoms with Gasteiger partial charge in [-0.1, -0.05) is 44.2 Å². The third-order valence-corrected chi connectivity index (χ3v) is 7.87. The smallest absolute Gasteiger partial charge is 0.237 e. The molecule has 27 heavy (non-hydrogen) atoms. The first kappa shape index (κ1) is 18.6. The van der Waals surface area contributed by atoms with Crippen molar-refractivity contribution in [2.45, 2.75) is 48.8 Å². The van der Waals surface area contributed by atoms with Crippen molar-refractivity contribution >= 4 is 32.2 Å². The zero-order chi connectivity index (χ0) is 19.1. The molecule has 2 saturated carbocycles. The molecular weight excluding hydrogens is 380 g/mol. The van der Waals surface area contributed by atoms with Crippen molar-refractivity contribution in [2.75, 3.05) is 11.6 Å². The Balaban J connectivity index is 1.70. The van der Waals surface area contributed by atoms with Gasteiger partial charge in [0.2, 0.25) is 5.91 Å². The number of rotatable bonds is 5. The first-order valence-corrected chi connectivity index (χ1v) is 12.2. The van der Waals surface area contributed by atoms with Gasteiger partial charge in [-0.15, -0.1) is 11.3 Å². The molecule has 0 aliphatic heterocycles. The summed E-state index contributed by atoms with van der Waals surface area (Å²) in [6.07, 6.45) is 9.67. The summed E-state index contributed by atoms with van der Waals surface area (Å²) >= 11 is 1.40. The van der Waals surface area contributed by atoms with E-state index in [1.54, 1.807) is 24.4 Å². The Labute approximate surface area is 164 Å². The Morgan fingerprint density at radius 1 is 1.26 bits per heavy atom. The van der Waals surface area contributed by atoms with Crippen LogP contribution in [0.3, 0.4) is 0 Å². The topological polar surface area (TPSA) is 76.1 Å². The maximum atomic E-state index is 13.3. The lowest BCUT2D eigenvalue weighted by molar-refractivity contribution is -0.119. The highest BCUT2D eigenvalue weighted by Gasteiger charge is 2.63. The standard InChI is InChI=1S/C20H24N2O3S2/c1-27(24,25)16-9-5-8-15(12-16)20(18(23)22-19-21-10-11-26-19)13-17(20)14-6-3-2-4-7-14/h5,8-12,14,17H,2-4,6-7,13H2,1H3,(H,21,22,23). The summed E-state index contributed by atoms with van der Waals surface area (Å²) in [6, 6.07) is 6.95. The summed E-state index contributed by atoms with van der Waals surface area (Å²) in [7, 11) is -3.32. The lowest BCUT2D eigenvalue weighted by atomic mass is 9.80. The molecule has 2 unspecified atom stereocenters. The van der Waals surface area contributed by atoms with Crippen LogP contribution in [-0.2, 0) is 20.0 Å². The molecule has 0 radical (unpaired) electrons. The third-order valence-electron chi connectivity index (χ3n) is 6.07. The minimum atomic E-state index is -3.32. The fraction of sp³-hybridized carbons (Fsp3) is 0.500. The van der Waals surface area contributed by atoms with Crippen LogP contribution in [0.25, 0.3) is 0 Å². The number of amides is 1. The minimum Gasteiger partial charge on any atom is -0.301 e. The van der Waals surface area contributed by atoms with Crippen molar-refractivity contribution in [1.29, 1.82) is 0 Å². The van der Waals surface area contributed by atoms with Gasteiger partial charge in [0.1, 0.15) is 0 Å². The molecule has 5 nitrogen and oxygen atoms in total. The van der Waals surface area contributed by atoms with E-state index in [4.69, 9.17) is 0 Å². The van der Waals surface area contributed by atoms with Gasteiger partial charge in [0.15, 0.2) is 15.0 Å². The predicted molar refractivity (Wildman–Crippen MR) is 107 cm³/mol. The molecule has 1 N–H and O–H groups in total. The highest BCUT2D eigenvalue weighted by Crippen LogP contribution is 2.61. The molecule has 7 heteroatoms. The number of anilines is 1. The SMILES string of the molecule is CS(=O)(=O)c1cccc(C2(C(=O)Nc3nccs3)CC2C2CCCCC2)c1. The van der Waals surface area contributed by atoms with Gasteiger partial charge in [-0.05, 0) is 36.0 Å². The van der Waals surface area contributed by atoms with Crippen LogP contribution in [-0.4, -0.2) is 25.6 Å². The molecular formula is C20H24N2O3S2. The number of benzene rings is 1. The van der Waals surface area contributed by atoms with Gasteiger partial charge in [0, 0.05) is 17.8 Å². The van der Waals surface area contributed by atoms with Crippen LogP contribution in [0.15, 0.2) is 40.7 Å². The lowest BCUT2D eigenvalue weighted by Gasteiger charge is -2.25. The fourth-order valence-electron chi connectivity index (χ4n) is 4.62. The monoisotopic (exact) mass is 404 g/mol. The average Bonchev–Trinajstić information content (AvgIpc) is 3.23. The number of nitrogens with zero attached hydrogens (tertiary/aromatic N) is 1. The number of sulfone groups is 1. The molecule has 0 saturated heterocycles. The Bertz CT molecular complexity index is 934. The summed E-state index contributed by atoms with van der Waals surface area (Å²) < 4.78 is 24.1. The molecule has 4 rings (SSSR count). The van der Waals surface area contributed by atoms with E-state index in [1.165, 1.54) is 36.9 Å². The zero-order valence-corrected chi connectivity index (χ0v) is 17.0. The molecule has 2 fully saturated rings. The second-order valence-electron chi connectivity index (χ2n) is 7.77. The number of carbonyl (C=O) groups excluding carboxylic acids is 1. The third kappa shape index (κ3) is 3.55. The molecule has 1 heterocycles. The Morgan fingerprint density at radius 2 is 2.04 bits per heavy atom. The fourth-order valence-corrected chi connectivity index (χ4v) is 5.81. The van der Waals surface area contributed by atoms with Gasteiger partial charge < -0.3 is 5.32 Å². The largest absolute Gasteiger partial charge is 0.301 e. The highest BCUT2D eigenvalue weighted by molar-refractivity contribution is 7.90. The van der Waals surface area contributed by atoms with Crippen LogP contribution < -0.4 is 5.32 Å². The Hall–Kier alpha value is -1.73. The highest BCUT2D eigenvalue weighted by atomic mass is 32.2. The van der Waals surface area contributed by atoms with E-state index in [2.05, 4.69) is 10.3 Å². The van der Waals surface area contributed by atoms with Gasteiger partial charge in [-0.3, -0.25) is 4.79 Å². The molecule has 1 aromatic carbocycles. The van der Waals surface area contributed by atoms with Crippen molar-refractivity contribution in [3.8, 4) is 0 Å². The number of thiazole rings is 1. The number of nitrogens with one attached hydrogen (secondary N) is 1. The summed E-state index contributed by atoms with van der Waals surface area (Å²) in [5, 5.41) is 5.39. The normalized spacial score (nSPS) is 25.9. The Kier molecular flexibility index (Phi) is 4.84. The van der Waals surface area contributed by atoms with Crippen molar-refractivity contribution in [3.05, 3.63) is 41.4 Å². The maximum absolute atomic E-state index is 13.3. The van der Waals surface area contributed by atoms with E-state index >= 15 is 0 Å². The summed E-state index contributed by atoms with van der Waals surface area (Å²) in [5.41, 5.74) is 0.170. The van der Waals surface area contributed by atoms with E-state index in [1.807, 2.05) is 11.4 Å². The molecule has 2 aromatic rings. The van der Waals surface area contributed by atoms with Crippen LogP contribution in [0.5, 0.6) is 0 Å². The quantitative estimate of drug-likeness (QED) is 0.816. The number of hydrogen-bond acceptors (Lipinski definition) is 5. The van der Waals surface area contributed by atoms with Gasteiger partial charge in [-0.2, -0.15) is 0 Å². The van der Waals surface area contributed by atoms with Crippen LogP contribution >= 0.6 is 11.3 Å². The van der Waals surface area contributed by atoms with Crippen molar-refractivity contribution in [3.63, 3.8) is 0 Å². The van der Waals surface area contributed by atoms with Gasteiger partial charge in [0.05, 0.1) is 10.3 Å². The average molecular weight is 405 g/mol. The van der Waals surface area contributed by atoms with Crippen LogP contribution in [0.1, 0.15) is 44.1 Å². The molecule has 2 aliphatic rings. The first-order chi connectivity index (χ1) is 12.9. The molecule has 0 bridgehead atoms. The van der Waals surface area contributed by atoms with E-state index < -0.39 is 15.3 Å². The molecule has 2 aliphatic carbocycles. The second-order valence-corrected chi connectivity index (χ2v) is 10.7. The van der Waals surface area contributed by atoms with E-state index in [0.29, 0.717) is 11.0 Å². The van der Waals surface area contributed by atoms with E-state index in [0.717, 1.165) is 24.8 Å². The van der Waals surface area contributed by atoms with E-state index in [9.17, 15) is 13.2 Å². The van der Waals surface area contributed by atoms with Crippen LogP contribution in [0, 0.1) is 11.8 Å². The van der Waals surface area contributed by atoms with Gasteiger partial charge >= 0.3 is 0 Å². The predicted octanol–water partition coefficient (Wildman–Crippen LogP) is 4.02.